The Bertz CT molecular complexity index is 748. The Morgan fingerprint density at radius 1 is 0.882 bits per heavy atom. The van der Waals surface area contributed by atoms with Gasteiger partial charge in [-0.25, -0.2) is 9.69 Å². The molecule has 2 amide bonds. The fraction of sp³-hybridized carbons (Fsp3) is 0.130. The minimum atomic E-state index is -0.633. The number of hydrogen-bond acceptors (Lipinski definition) is 3. The summed E-state index contributed by atoms with van der Waals surface area (Å²) in [4.78, 5) is 24.2. The molecule has 1 aliphatic carbocycles. The topological polar surface area (TPSA) is 146 Å². The van der Waals surface area contributed by atoms with E-state index in [4.69, 9.17) is 28.0 Å². The van der Waals surface area contributed by atoms with Crippen molar-refractivity contribution in [3.63, 3.8) is 0 Å². The van der Waals surface area contributed by atoms with Crippen LogP contribution in [-0.2, 0) is 70.6 Å². The van der Waals surface area contributed by atoms with Crippen molar-refractivity contribution in [3.05, 3.63) is 101 Å². The molecule has 9 nitrogen and oxygen atoms in total. The molecule has 1 aromatic rings. The Morgan fingerprint density at radius 3 is 1.62 bits per heavy atom. The summed E-state index contributed by atoms with van der Waals surface area (Å²) in [6.07, 6.45) is 9.37. The molecule has 3 rings (SSSR count). The number of carbonyl (C=O) groups is 2. The summed E-state index contributed by atoms with van der Waals surface area (Å²) in [6.45, 7) is 24.2. The fourth-order valence-electron chi connectivity index (χ4n) is 2.05. The molecule has 0 bridgehead atoms. The Morgan fingerprint density at radius 2 is 1.26 bits per heavy atom. The zero-order valence-corrected chi connectivity index (χ0v) is 21.5. The van der Waals surface area contributed by atoms with Gasteiger partial charge in [0.2, 0.25) is 0 Å². The van der Waals surface area contributed by atoms with Crippen molar-refractivity contribution in [1.29, 1.82) is 0 Å². The summed E-state index contributed by atoms with van der Waals surface area (Å²) >= 11 is 0. The molecule has 1 aliphatic heterocycles. The summed E-state index contributed by atoms with van der Waals surface area (Å²) in [6, 6.07) is 8.91. The van der Waals surface area contributed by atoms with Gasteiger partial charge in [-0.1, -0.05) is 36.3 Å². The van der Waals surface area contributed by atoms with Crippen molar-refractivity contribution in [2.45, 2.75) is 13.0 Å². The molecule has 34 heavy (non-hydrogen) atoms. The number of ether oxygens (including phenoxy) is 1. The first kappa shape index (κ1) is 45.2. The van der Waals surface area contributed by atoms with E-state index in [-0.39, 0.29) is 50.5 Å². The number of imide groups is 1. The van der Waals surface area contributed by atoms with Crippen LogP contribution in [-0.4, -0.2) is 23.5 Å². The van der Waals surface area contributed by atoms with E-state index < -0.39 is 12.0 Å². The molecule has 1 saturated heterocycles. The molecular formula is C23H16CoNO8W. The van der Waals surface area contributed by atoms with Gasteiger partial charge in [-0.15, -0.1) is 0 Å². The number of rotatable bonds is 1. The maximum absolute atomic E-state index is 11.7. The van der Waals surface area contributed by atoms with Crippen LogP contribution in [0.3, 0.4) is 0 Å². The van der Waals surface area contributed by atoms with E-state index in [0.717, 1.165) is 10.5 Å². The third-order valence-corrected chi connectivity index (χ3v) is 3.06. The summed E-state index contributed by atoms with van der Waals surface area (Å²) in [7, 11) is 0. The van der Waals surface area contributed by atoms with Gasteiger partial charge in [0.05, 0.1) is 0 Å². The number of hydrogen-bond donors (Lipinski definition) is 0. The van der Waals surface area contributed by atoms with Gasteiger partial charge in [0.1, 0.15) is 12.6 Å². The Labute approximate surface area is 224 Å². The van der Waals surface area contributed by atoms with Gasteiger partial charge in [-0.2, -0.15) is 0 Å². The summed E-state index contributed by atoms with van der Waals surface area (Å²) < 4.78 is 42.4. The van der Waals surface area contributed by atoms with Crippen LogP contribution in [0.25, 0.3) is 0 Å². The normalized spacial score (nSPS) is 13.0. The Hall–Kier alpha value is -2.39. The van der Waals surface area contributed by atoms with Gasteiger partial charge in [-0.05, 0) is 50.5 Å². The SMILES string of the molecule is CC#CC(=O)N1C(=O)OC[C@H]1c1ccccc1.[C-]#[O+].[C-]#[O+].[C-]#[O+].[C-]#[O+].[C-]#[O+].[CH]1[CH][CH][CH][CH]1.[Co].[W]. The number of cyclic esters (lactones) is 1. The molecule has 0 N–H and O–H groups in total. The van der Waals surface area contributed by atoms with Crippen LogP contribution in [0.15, 0.2) is 30.3 Å². The van der Waals surface area contributed by atoms with Crippen LogP contribution in [0, 0.1) is 77.2 Å². The molecule has 1 saturated carbocycles. The zero-order valence-electron chi connectivity index (χ0n) is 17.5. The predicted octanol–water partition coefficient (Wildman–Crippen LogP) is 2.56. The smallest absolute Gasteiger partial charge is 0 e. The van der Waals surface area contributed by atoms with Crippen molar-refractivity contribution >= 4 is 12.0 Å². The second-order valence-electron chi connectivity index (χ2n) is 4.52. The van der Waals surface area contributed by atoms with Crippen molar-refractivity contribution in [2.24, 2.45) is 0 Å². The molecule has 2 aliphatic rings. The molecule has 11 heteroatoms. The first-order valence-corrected chi connectivity index (χ1v) is 7.90. The summed E-state index contributed by atoms with van der Waals surface area (Å²) in [5.41, 5.74) is 0.865. The average Bonchev–Trinajstić information content (AvgIpc) is 3.60. The van der Waals surface area contributed by atoms with Crippen molar-refractivity contribution < 1.29 is 75.4 Å². The first-order valence-electron chi connectivity index (χ1n) is 7.90. The van der Waals surface area contributed by atoms with Gasteiger partial charge >= 0.3 is 68.5 Å². The van der Waals surface area contributed by atoms with E-state index in [2.05, 4.69) is 45.1 Å². The van der Waals surface area contributed by atoms with E-state index in [1.165, 1.54) is 0 Å². The van der Waals surface area contributed by atoms with Gasteiger partial charge in [-0.3, -0.25) is 4.79 Å². The minimum absolute atomic E-state index is 0. The minimum Gasteiger partial charge on any atom is -0.0312 e. The standard InChI is InChI=1S/C13H11NO3.C5H5.5CO.Co.W/c1-2-6-12(15)14-11(9-17-13(14)16)10-7-4-3-5-8-10;1-2-4-5-3-1;5*1-2;;/h3-5,7-8,11H,9H2,1H3;1-5H;;;;;;;/t11-;;;;;;;;/m0......../s1. The number of nitrogens with zero attached hydrogens (tertiary/aromatic N) is 1. The summed E-state index contributed by atoms with van der Waals surface area (Å²) in [5.74, 6) is 4.32. The molecule has 0 spiro atoms. The van der Waals surface area contributed by atoms with Crippen molar-refractivity contribution in [3.8, 4) is 11.8 Å². The molecule has 1 heterocycles. The number of benzene rings is 1. The van der Waals surface area contributed by atoms with Crippen LogP contribution >= 0.6 is 0 Å². The largest absolute Gasteiger partial charge is 0.0312 e. The first-order chi connectivity index (χ1) is 15.7. The second kappa shape index (κ2) is 37.9. The maximum Gasteiger partial charge on any atom is 0 e. The van der Waals surface area contributed by atoms with Gasteiger partial charge in [0.25, 0.3) is 0 Å². The molecule has 2 fully saturated rings. The van der Waals surface area contributed by atoms with Crippen LogP contribution in [0.5, 0.6) is 0 Å². The quantitative estimate of drug-likeness (QED) is 0.256. The van der Waals surface area contributed by atoms with Crippen molar-refractivity contribution in [2.75, 3.05) is 6.61 Å². The average molecular weight is 677 g/mol. The van der Waals surface area contributed by atoms with E-state index in [1.807, 2.05) is 62.4 Å². The summed E-state index contributed by atoms with van der Waals surface area (Å²) in [5, 5.41) is 0. The molecule has 0 aromatic heterocycles. The van der Waals surface area contributed by atoms with Crippen LogP contribution in [0.4, 0.5) is 4.79 Å². The van der Waals surface area contributed by atoms with Gasteiger partial charge in [0, 0.05) is 37.8 Å². The molecule has 176 valence electrons. The molecule has 6 radical (unpaired) electrons. The third kappa shape index (κ3) is 20.2. The predicted molar refractivity (Wildman–Crippen MR) is 102 cm³/mol. The van der Waals surface area contributed by atoms with Crippen LogP contribution in [0.2, 0.25) is 0 Å². The van der Waals surface area contributed by atoms with Crippen LogP contribution < -0.4 is 0 Å². The monoisotopic (exact) mass is 677 g/mol. The van der Waals surface area contributed by atoms with Gasteiger partial charge in [0.15, 0.2) is 0 Å². The fourth-order valence-corrected chi connectivity index (χ4v) is 2.05. The molecule has 0 unspecified atom stereocenters. The van der Waals surface area contributed by atoms with E-state index in [1.54, 1.807) is 6.92 Å². The van der Waals surface area contributed by atoms with E-state index >= 15 is 0 Å². The van der Waals surface area contributed by atoms with Gasteiger partial charge < -0.3 is 4.74 Å². The molecular weight excluding hydrogens is 661 g/mol. The maximum atomic E-state index is 11.7. The Kier molecular flexibility index (Phi) is 50.3. The number of carbonyl (C=O) groups excluding carboxylic acids is 2. The third-order valence-electron chi connectivity index (χ3n) is 3.06. The van der Waals surface area contributed by atoms with E-state index in [0.29, 0.717) is 0 Å². The van der Waals surface area contributed by atoms with Crippen LogP contribution in [0.1, 0.15) is 18.5 Å². The van der Waals surface area contributed by atoms with E-state index in [9.17, 15) is 9.59 Å². The zero-order chi connectivity index (χ0) is 25.8. The number of amides is 2. The Balaban J connectivity index is -0.0000000971. The molecule has 1 atom stereocenters. The second-order valence-corrected chi connectivity index (χ2v) is 4.52. The molecule has 1 aromatic carbocycles. The van der Waals surface area contributed by atoms with Crippen molar-refractivity contribution in [1.82, 2.24) is 4.90 Å².